The highest BCUT2D eigenvalue weighted by Crippen LogP contribution is 2.40. The molecule has 0 aromatic heterocycles. The van der Waals surface area contributed by atoms with E-state index >= 15 is 0 Å². The Hall–Kier alpha value is -0.0231. The van der Waals surface area contributed by atoms with E-state index in [1.165, 1.54) is 23.5 Å². The van der Waals surface area contributed by atoms with Gasteiger partial charge in [-0.15, -0.1) is 23.5 Å². The quantitative estimate of drug-likeness (QED) is 0.174. The highest BCUT2D eigenvalue weighted by Gasteiger charge is 2.39. The second-order valence-electron chi connectivity index (χ2n) is 10.4. The van der Waals surface area contributed by atoms with Gasteiger partial charge in [-0.05, 0) is 42.4 Å². The Balaban J connectivity index is 1.84. The first-order valence-electron chi connectivity index (χ1n) is 11.9. The average molecular weight is 501 g/mol. The summed E-state index contributed by atoms with van der Waals surface area (Å²) in [5.41, 5.74) is 0.806. The van der Waals surface area contributed by atoms with Crippen molar-refractivity contribution in [3.05, 3.63) is 35.9 Å². The average Bonchev–Trinajstić information content (AvgIpc) is 2.76. The van der Waals surface area contributed by atoms with Crippen LogP contribution in [0.5, 0.6) is 0 Å². The molecule has 184 valence electrons. The van der Waals surface area contributed by atoms with Crippen molar-refractivity contribution in [3.63, 3.8) is 0 Å². The van der Waals surface area contributed by atoms with Crippen LogP contribution < -0.4 is 0 Å². The van der Waals surface area contributed by atoms with E-state index in [1.807, 2.05) is 41.7 Å². The molecule has 4 nitrogen and oxygen atoms in total. The smallest absolute Gasteiger partial charge is 0.146 e. The molecule has 0 saturated carbocycles. The maximum absolute atomic E-state index is 11.1. The van der Waals surface area contributed by atoms with Gasteiger partial charge in [0.1, 0.15) is 6.79 Å². The van der Waals surface area contributed by atoms with Gasteiger partial charge in [0.15, 0.2) is 0 Å². The monoisotopic (exact) mass is 500 g/mol. The fourth-order valence-electron chi connectivity index (χ4n) is 3.54. The van der Waals surface area contributed by atoms with Crippen molar-refractivity contribution < 1.29 is 19.3 Å². The number of aliphatic hydroxyl groups excluding tert-OH is 1. The molecule has 1 aromatic rings. The van der Waals surface area contributed by atoms with E-state index < -0.39 is 14.2 Å². The molecule has 1 aliphatic heterocycles. The molecule has 32 heavy (non-hydrogen) atoms. The second-order valence-corrected chi connectivity index (χ2v) is 19.0. The molecular weight excluding hydrogens is 456 g/mol. The van der Waals surface area contributed by atoms with E-state index in [4.69, 9.17) is 14.2 Å². The third-order valence-electron chi connectivity index (χ3n) is 5.98. The summed E-state index contributed by atoms with van der Waals surface area (Å²) in [5.74, 6) is 2.44. The molecule has 1 fully saturated rings. The Morgan fingerprint density at radius 3 is 2.38 bits per heavy atom. The number of ether oxygens (including phenoxy) is 3. The Bertz CT molecular complexity index is 618. The zero-order valence-corrected chi connectivity index (χ0v) is 23.3. The van der Waals surface area contributed by atoms with Crippen LogP contribution >= 0.6 is 23.5 Å². The number of aliphatic hydroxyl groups is 1. The third-order valence-corrected chi connectivity index (χ3v) is 10.7. The van der Waals surface area contributed by atoms with E-state index in [9.17, 15) is 5.11 Å². The lowest BCUT2D eigenvalue weighted by Gasteiger charge is -2.40. The maximum atomic E-state index is 11.1. The summed E-state index contributed by atoms with van der Waals surface area (Å²) in [6, 6.07) is 11.5. The Morgan fingerprint density at radius 2 is 1.72 bits per heavy atom. The molecule has 2 rings (SSSR count). The van der Waals surface area contributed by atoms with Crippen molar-refractivity contribution in [1.82, 2.24) is 0 Å². The molecule has 1 N–H and O–H groups in total. The van der Waals surface area contributed by atoms with E-state index in [-0.39, 0.29) is 11.5 Å². The molecule has 1 aromatic carbocycles. The van der Waals surface area contributed by atoms with Crippen LogP contribution in [0.4, 0.5) is 0 Å². The van der Waals surface area contributed by atoms with Crippen molar-refractivity contribution >= 4 is 31.6 Å². The Labute approximate surface area is 205 Å². The summed E-state index contributed by atoms with van der Waals surface area (Å²) in [6.45, 7) is 13.4. The summed E-state index contributed by atoms with van der Waals surface area (Å²) < 4.78 is 18.3. The SMILES string of the molecule is CC(C)([C@H](O)CCOCOCC[Si](C)(C)C)[C@@H](CC1SCCCS1)OCc1ccccc1. The highest BCUT2D eigenvalue weighted by molar-refractivity contribution is 8.17. The molecule has 0 aliphatic carbocycles. The predicted octanol–water partition coefficient (Wildman–Crippen LogP) is 6.26. The van der Waals surface area contributed by atoms with Crippen LogP contribution in [0.1, 0.15) is 38.7 Å². The van der Waals surface area contributed by atoms with Gasteiger partial charge in [0.2, 0.25) is 0 Å². The minimum absolute atomic E-state index is 0.0196. The molecule has 0 spiro atoms. The van der Waals surface area contributed by atoms with Gasteiger partial charge in [-0.3, -0.25) is 0 Å². The van der Waals surface area contributed by atoms with E-state index in [0.717, 1.165) is 19.1 Å². The fourth-order valence-corrected chi connectivity index (χ4v) is 7.21. The lowest BCUT2D eigenvalue weighted by atomic mass is 9.78. The van der Waals surface area contributed by atoms with Gasteiger partial charge in [0.05, 0.1) is 30.0 Å². The number of benzene rings is 1. The molecule has 1 heterocycles. The lowest BCUT2D eigenvalue weighted by molar-refractivity contribution is -0.109. The van der Waals surface area contributed by atoms with E-state index in [1.54, 1.807) is 0 Å². The van der Waals surface area contributed by atoms with Gasteiger partial charge in [0, 0.05) is 20.1 Å². The molecule has 1 aliphatic rings. The molecule has 2 atom stereocenters. The van der Waals surface area contributed by atoms with Crippen molar-refractivity contribution in [2.75, 3.05) is 31.5 Å². The van der Waals surface area contributed by atoms with Gasteiger partial charge in [-0.2, -0.15) is 0 Å². The summed E-state index contributed by atoms with van der Waals surface area (Å²) in [4.78, 5) is 0. The summed E-state index contributed by atoms with van der Waals surface area (Å²) >= 11 is 4.07. The van der Waals surface area contributed by atoms with Crippen molar-refractivity contribution in [2.24, 2.45) is 5.41 Å². The first kappa shape index (κ1) is 28.2. The van der Waals surface area contributed by atoms with Crippen LogP contribution in [0, 0.1) is 5.41 Å². The van der Waals surface area contributed by atoms with Gasteiger partial charge in [-0.25, -0.2) is 0 Å². The van der Waals surface area contributed by atoms with Crippen LogP contribution in [0.2, 0.25) is 25.7 Å². The summed E-state index contributed by atoms with van der Waals surface area (Å²) in [6.07, 6.45) is 2.30. The van der Waals surface area contributed by atoms with Gasteiger partial charge < -0.3 is 19.3 Å². The van der Waals surface area contributed by atoms with Crippen LogP contribution in [-0.2, 0) is 20.8 Å². The van der Waals surface area contributed by atoms with Gasteiger partial charge in [-0.1, -0.05) is 63.8 Å². The Kier molecular flexibility index (Phi) is 12.7. The lowest BCUT2D eigenvalue weighted by Crippen LogP contribution is -2.44. The van der Waals surface area contributed by atoms with Crippen LogP contribution in [0.3, 0.4) is 0 Å². The molecule has 0 radical (unpaired) electrons. The number of thioether (sulfide) groups is 2. The number of hydrogen-bond donors (Lipinski definition) is 1. The van der Waals surface area contributed by atoms with Crippen LogP contribution in [0.15, 0.2) is 30.3 Å². The normalized spacial score (nSPS) is 17.9. The summed E-state index contributed by atoms with van der Waals surface area (Å²) in [5, 5.41) is 11.1. The summed E-state index contributed by atoms with van der Waals surface area (Å²) in [7, 11) is -1.07. The molecule has 0 amide bonds. The largest absolute Gasteiger partial charge is 0.392 e. The first-order chi connectivity index (χ1) is 15.2. The van der Waals surface area contributed by atoms with Crippen molar-refractivity contribution in [1.29, 1.82) is 0 Å². The van der Waals surface area contributed by atoms with Crippen molar-refractivity contribution in [3.8, 4) is 0 Å². The standard InChI is InChI=1S/C25H44O4S2Si/c1-25(2,22(26)12-13-27-20-28-14-17-32(3,4)5)23(18-24-30-15-9-16-31-24)29-19-21-10-7-6-8-11-21/h6-8,10-11,22-24,26H,9,12-20H2,1-5H3/t22-,23-/m1/s1. The van der Waals surface area contributed by atoms with Crippen molar-refractivity contribution in [2.45, 2.75) is 82.2 Å². The zero-order chi connectivity index (χ0) is 23.5. The fraction of sp³-hybridized carbons (Fsp3) is 0.760. The topological polar surface area (TPSA) is 47.9 Å². The zero-order valence-electron chi connectivity index (χ0n) is 20.7. The minimum atomic E-state index is -1.07. The van der Waals surface area contributed by atoms with E-state index in [2.05, 4.69) is 45.6 Å². The maximum Gasteiger partial charge on any atom is 0.146 e. The van der Waals surface area contributed by atoms with Crippen LogP contribution in [-0.4, -0.2) is 61.5 Å². The molecule has 7 heteroatoms. The van der Waals surface area contributed by atoms with Gasteiger partial charge >= 0.3 is 0 Å². The molecular formula is C25H44O4S2Si. The van der Waals surface area contributed by atoms with Gasteiger partial charge in [0.25, 0.3) is 0 Å². The van der Waals surface area contributed by atoms with Crippen LogP contribution in [0.25, 0.3) is 0 Å². The minimum Gasteiger partial charge on any atom is -0.392 e. The number of rotatable bonds is 15. The third kappa shape index (κ3) is 10.9. The van der Waals surface area contributed by atoms with E-state index in [0.29, 0.717) is 31.0 Å². The molecule has 0 bridgehead atoms. The second kappa shape index (κ2) is 14.4. The highest BCUT2D eigenvalue weighted by atomic mass is 32.2. The first-order valence-corrected chi connectivity index (χ1v) is 17.7. The predicted molar refractivity (Wildman–Crippen MR) is 142 cm³/mol. The number of hydrogen-bond acceptors (Lipinski definition) is 6. The molecule has 1 saturated heterocycles. The Morgan fingerprint density at radius 1 is 1.06 bits per heavy atom. The molecule has 0 unspecified atom stereocenters.